The minimum atomic E-state index is -0.984. The molecule has 30 heavy (non-hydrogen) atoms. The van der Waals surface area contributed by atoms with Crippen LogP contribution in [0.25, 0.3) is 0 Å². The molecule has 1 fully saturated rings. The molecule has 0 bridgehead atoms. The van der Waals surface area contributed by atoms with Crippen molar-refractivity contribution in [1.29, 1.82) is 0 Å². The largest absolute Gasteiger partial charge is 0.508 e. The number of benzene rings is 2. The minimum absolute atomic E-state index is 0.0400. The second-order valence-corrected chi connectivity index (χ2v) is 7.98. The van der Waals surface area contributed by atoms with Gasteiger partial charge in [0.2, 0.25) is 5.91 Å². The standard InChI is InChI=1S/C22H26ClN3O4/c23-18-4-1-3-16(11-18)14-25-7-9-26(10-8-25)15-17(22(29)30)12-21(28)24-19-5-2-6-20(27)13-19/h1-6,11,13,17,27H,7-10,12,14-15H2,(H,24,28)(H,29,30)/t17-/m0/s1. The number of carboxylic acid groups (broad SMARTS) is 1. The number of amides is 1. The van der Waals surface area contributed by atoms with Gasteiger partial charge in [0.05, 0.1) is 5.92 Å². The summed E-state index contributed by atoms with van der Waals surface area (Å²) in [4.78, 5) is 28.4. The summed E-state index contributed by atoms with van der Waals surface area (Å²) in [5.41, 5.74) is 1.60. The lowest BCUT2D eigenvalue weighted by Crippen LogP contribution is -2.48. The van der Waals surface area contributed by atoms with Crippen LogP contribution in [0.4, 0.5) is 5.69 Å². The van der Waals surface area contributed by atoms with Gasteiger partial charge in [-0.3, -0.25) is 19.4 Å². The van der Waals surface area contributed by atoms with E-state index in [9.17, 15) is 19.8 Å². The molecule has 0 unspecified atom stereocenters. The molecule has 8 heteroatoms. The topological polar surface area (TPSA) is 93.1 Å². The summed E-state index contributed by atoms with van der Waals surface area (Å²) >= 11 is 6.05. The van der Waals surface area contributed by atoms with Gasteiger partial charge in [0, 0.05) is 62.5 Å². The third kappa shape index (κ3) is 6.73. The van der Waals surface area contributed by atoms with Crippen LogP contribution in [-0.4, -0.2) is 64.6 Å². The van der Waals surface area contributed by atoms with Crippen molar-refractivity contribution in [1.82, 2.24) is 9.80 Å². The number of hydrogen-bond acceptors (Lipinski definition) is 5. The molecule has 0 aromatic heterocycles. The number of nitrogens with one attached hydrogen (secondary N) is 1. The van der Waals surface area contributed by atoms with Crippen LogP contribution in [0, 0.1) is 5.92 Å². The molecular formula is C22H26ClN3O4. The lowest BCUT2D eigenvalue weighted by Gasteiger charge is -2.35. The van der Waals surface area contributed by atoms with E-state index in [1.807, 2.05) is 24.3 Å². The lowest BCUT2D eigenvalue weighted by molar-refractivity contribution is -0.144. The van der Waals surface area contributed by atoms with Gasteiger partial charge >= 0.3 is 5.97 Å². The van der Waals surface area contributed by atoms with Gasteiger partial charge in [0.25, 0.3) is 0 Å². The summed E-state index contributed by atoms with van der Waals surface area (Å²) in [5, 5.41) is 22.4. The zero-order valence-electron chi connectivity index (χ0n) is 16.6. The molecule has 1 atom stereocenters. The Morgan fingerprint density at radius 1 is 1.03 bits per heavy atom. The van der Waals surface area contributed by atoms with Crippen molar-refractivity contribution in [3.05, 3.63) is 59.1 Å². The first-order chi connectivity index (χ1) is 14.4. The third-order valence-electron chi connectivity index (χ3n) is 5.15. The first kappa shape index (κ1) is 22.1. The summed E-state index contributed by atoms with van der Waals surface area (Å²) in [6.07, 6.45) is -0.117. The molecule has 1 aliphatic heterocycles. The normalized spacial score (nSPS) is 16.2. The molecule has 3 rings (SSSR count). The van der Waals surface area contributed by atoms with Gasteiger partial charge in [0.1, 0.15) is 5.75 Å². The number of halogens is 1. The van der Waals surface area contributed by atoms with E-state index in [-0.39, 0.29) is 18.1 Å². The molecule has 0 aliphatic carbocycles. The number of hydrogen-bond donors (Lipinski definition) is 3. The summed E-state index contributed by atoms with van der Waals surface area (Å²) in [6.45, 7) is 4.29. The number of phenols is 1. The van der Waals surface area contributed by atoms with Crippen LogP contribution in [0.5, 0.6) is 5.75 Å². The fraction of sp³-hybridized carbons (Fsp3) is 0.364. The number of carbonyl (C=O) groups is 2. The summed E-state index contributed by atoms with van der Waals surface area (Å²) < 4.78 is 0. The molecule has 1 amide bonds. The second kappa shape index (κ2) is 10.4. The Morgan fingerprint density at radius 2 is 1.73 bits per heavy atom. The molecule has 2 aromatic carbocycles. The molecular weight excluding hydrogens is 406 g/mol. The number of phenolic OH excluding ortho intramolecular Hbond substituents is 1. The molecule has 1 aliphatic rings. The lowest BCUT2D eigenvalue weighted by atomic mass is 10.0. The number of aliphatic carboxylic acids is 1. The first-order valence-electron chi connectivity index (χ1n) is 9.90. The fourth-order valence-electron chi connectivity index (χ4n) is 3.58. The van der Waals surface area contributed by atoms with Crippen molar-refractivity contribution in [3.63, 3.8) is 0 Å². The molecule has 2 aromatic rings. The zero-order valence-corrected chi connectivity index (χ0v) is 17.4. The van der Waals surface area contributed by atoms with Crippen molar-refractivity contribution >= 4 is 29.2 Å². The number of carbonyl (C=O) groups excluding carboxylic acids is 1. The molecule has 160 valence electrons. The van der Waals surface area contributed by atoms with Crippen LogP contribution in [0.3, 0.4) is 0 Å². The summed E-state index contributed by atoms with van der Waals surface area (Å²) in [7, 11) is 0. The zero-order chi connectivity index (χ0) is 21.5. The van der Waals surface area contributed by atoms with Crippen molar-refractivity contribution < 1.29 is 19.8 Å². The van der Waals surface area contributed by atoms with Crippen molar-refractivity contribution in [2.75, 3.05) is 38.0 Å². The molecule has 1 saturated heterocycles. The quantitative estimate of drug-likeness (QED) is 0.595. The Hall–Kier alpha value is -2.61. The highest BCUT2D eigenvalue weighted by molar-refractivity contribution is 6.30. The molecule has 3 N–H and O–H groups in total. The van der Waals surface area contributed by atoms with Gasteiger partial charge in [-0.1, -0.05) is 29.8 Å². The highest BCUT2D eigenvalue weighted by atomic mass is 35.5. The Balaban J connectivity index is 1.47. The average molecular weight is 432 g/mol. The van der Waals surface area contributed by atoms with E-state index >= 15 is 0 Å². The highest BCUT2D eigenvalue weighted by Crippen LogP contribution is 2.18. The molecule has 0 radical (unpaired) electrons. The third-order valence-corrected chi connectivity index (χ3v) is 5.38. The van der Waals surface area contributed by atoms with E-state index < -0.39 is 11.9 Å². The fourth-order valence-corrected chi connectivity index (χ4v) is 3.80. The van der Waals surface area contributed by atoms with Crippen LogP contribution in [0.15, 0.2) is 48.5 Å². The maximum Gasteiger partial charge on any atom is 0.308 e. The van der Waals surface area contributed by atoms with E-state index in [0.29, 0.717) is 12.2 Å². The number of rotatable bonds is 8. The molecule has 1 heterocycles. The van der Waals surface area contributed by atoms with E-state index in [1.165, 1.54) is 12.1 Å². The van der Waals surface area contributed by atoms with E-state index in [2.05, 4.69) is 15.1 Å². The number of anilines is 1. The van der Waals surface area contributed by atoms with E-state index in [1.54, 1.807) is 12.1 Å². The Kier molecular flexibility index (Phi) is 7.68. The molecule has 0 saturated carbocycles. The molecule has 0 spiro atoms. The average Bonchev–Trinajstić information content (AvgIpc) is 2.69. The summed E-state index contributed by atoms with van der Waals surface area (Å²) in [5.74, 6) is -2.12. The van der Waals surface area contributed by atoms with Crippen LogP contribution < -0.4 is 5.32 Å². The van der Waals surface area contributed by atoms with Crippen molar-refractivity contribution in [2.45, 2.75) is 13.0 Å². The van der Waals surface area contributed by atoms with Crippen LogP contribution >= 0.6 is 11.6 Å². The van der Waals surface area contributed by atoms with Crippen LogP contribution in [0.2, 0.25) is 5.02 Å². The van der Waals surface area contributed by atoms with Gasteiger partial charge in [-0.05, 0) is 29.8 Å². The van der Waals surface area contributed by atoms with Gasteiger partial charge in [-0.2, -0.15) is 0 Å². The van der Waals surface area contributed by atoms with Crippen molar-refractivity contribution in [2.24, 2.45) is 5.92 Å². The van der Waals surface area contributed by atoms with E-state index in [0.717, 1.165) is 43.3 Å². The van der Waals surface area contributed by atoms with Gasteiger partial charge in [-0.25, -0.2) is 0 Å². The minimum Gasteiger partial charge on any atom is -0.508 e. The van der Waals surface area contributed by atoms with Gasteiger partial charge in [-0.15, -0.1) is 0 Å². The van der Waals surface area contributed by atoms with E-state index in [4.69, 9.17) is 11.6 Å². The highest BCUT2D eigenvalue weighted by Gasteiger charge is 2.26. The number of nitrogens with zero attached hydrogens (tertiary/aromatic N) is 2. The number of carboxylic acids is 1. The Bertz CT molecular complexity index is 884. The smallest absolute Gasteiger partial charge is 0.308 e. The maximum absolute atomic E-state index is 12.3. The second-order valence-electron chi connectivity index (χ2n) is 7.54. The Labute approximate surface area is 180 Å². The monoisotopic (exact) mass is 431 g/mol. The summed E-state index contributed by atoms with van der Waals surface area (Å²) in [6, 6.07) is 14.0. The predicted molar refractivity (Wildman–Crippen MR) is 116 cm³/mol. The van der Waals surface area contributed by atoms with Gasteiger partial charge in [0.15, 0.2) is 0 Å². The predicted octanol–water partition coefficient (Wildman–Crippen LogP) is 2.89. The van der Waals surface area contributed by atoms with Gasteiger partial charge < -0.3 is 15.5 Å². The Morgan fingerprint density at radius 3 is 2.40 bits per heavy atom. The SMILES string of the molecule is O=C(C[C@@H](CN1CCN(Cc2cccc(Cl)c2)CC1)C(=O)O)Nc1cccc(O)c1. The molecule has 7 nitrogen and oxygen atoms in total. The number of piperazine rings is 1. The first-order valence-corrected chi connectivity index (χ1v) is 10.3. The van der Waals surface area contributed by atoms with Crippen LogP contribution in [-0.2, 0) is 16.1 Å². The maximum atomic E-state index is 12.3. The van der Waals surface area contributed by atoms with Crippen molar-refractivity contribution in [3.8, 4) is 5.75 Å². The number of aromatic hydroxyl groups is 1. The van der Waals surface area contributed by atoms with Crippen LogP contribution in [0.1, 0.15) is 12.0 Å².